The minimum Gasteiger partial charge on any atom is -0.494 e. The van der Waals surface area contributed by atoms with E-state index in [0.29, 0.717) is 18.7 Å². The smallest absolute Gasteiger partial charge is 0.265 e. The molecule has 0 bridgehead atoms. The monoisotopic (exact) mass is 403 g/mol. The molecule has 0 aliphatic carbocycles. The summed E-state index contributed by atoms with van der Waals surface area (Å²) in [7, 11) is 0. The van der Waals surface area contributed by atoms with Gasteiger partial charge in [0.2, 0.25) is 0 Å². The molecule has 1 atom stereocenters. The van der Waals surface area contributed by atoms with E-state index in [-0.39, 0.29) is 5.91 Å². The lowest BCUT2D eigenvalue weighted by Gasteiger charge is -2.19. The second-order valence-electron chi connectivity index (χ2n) is 7.23. The molecule has 0 aliphatic rings. The van der Waals surface area contributed by atoms with Crippen molar-refractivity contribution in [3.63, 3.8) is 0 Å². The highest BCUT2D eigenvalue weighted by molar-refractivity contribution is 5.94. The molecule has 4 nitrogen and oxygen atoms in total. The third-order valence-electron chi connectivity index (χ3n) is 4.85. The highest BCUT2D eigenvalue weighted by Crippen LogP contribution is 2.21. The Balaban J connectivity index is 1.52. The molecule has 30 heavy (non-hydrogen) atoms. The first-order chi connectivity index (χ1) is 14.7. The van der Waals surface area contributed by atoms with Crippen molar-refractivity contribution in [3.8, 4) is 11.5 Å². The number of hydrogen-bond acceptors (Lipinski definition) is 3. The fourth-order valence-electron chi connectivity index (χ4n) is 3.16. The van der Waals surface area contributed by atoms with Crippen molar-refractivity contribution in [1.82, 2.24) is 0 Å². The summed E-state index contributed by atoms with van der Waals surface area (Å²) in [6.07, 6.45) is 1.94. The van der Waals surface area contributed by atoms with Gasteiger partial charge in [-0.3, -0.25) is 4.79 Å². The predicted molar refractivity (Wildman–Crippen MR) is 121 cm³/mol. The van der Waals surface area contributed by atoms with E-state index in [1.54, 1.807) is 0 Å². The number of nitrogens with one attached hydrogen (secondary N) is 1. The van der Waals surface area contributed by atoms with Gasteiger partial charge in [0.25, 0.3) is 5.91 Å². The zero-order chi connectivity index (χ0) is 21.2. The molecule has 1 amide bonds. The minimum atomic E-state index is -0.554. The van der Waals surface area contributed by atoms with E-state index in [4.69, 9.17) is 9.47 Å². The van der Waals surface area contributed by atoms with E-state index in [1.807, 2.05) is 68.4 Å². The maximum atomic E-state index is 12.7. The van der Waals surface area contributed by atoms with Crippen molar-refractivity contribution in [3.05, 3.63) is 90.0 Å². The molecule has 3 rings (SSSR count). The molecule has 0 saturated heterocycles. The molecular formula is C26H29NO3. The Bertz CT molecular complexity index is 940. The Kier molecular flexibility index (Phi) is 7.90. The highest BCUT2D eigenvalue weighted by atomic mass is 16.5. The van der Waals surface area contributed by atoms with E-state index < -0.39 is 6.10 Å². The van der Waals surface area contributed by atoms with Crippen LogP contribution in [0.15, 0.2) is 78.9 Å². The van der Waals surface area contributed by atoms with Crippen LogP contribution < -0.4 is 14.8 Å². The number of para-hydroxylation sites is 1. The highest BCUT2D eigenvalue weighted by Gasteiger charge is 2.19. The van der Waals surface area contributed by atoms with Gasteiger partial charge in [-0.15, -0.1) is 0 Å². The first-order valence-corrected chi connectivity index (χ1v) is 10.5. The van der Waals surface area contributed by atoms with Gasteiger partial charge < -0.3 is 14.8 Å². The van der Waals surface area contributed by atoms with Crippen molar-refractivity contribution in [1.29, 1.82) is 0 Å². The van der Waals surface area contributed by atoms with Crippen LogP contribution in [-0.2, 0) is 11.2 Å². The number of hydrogen-bond donors (Lipinski definition) is 1. The molecule has 0 heterocycles. The summed E-state index contributed by atoms with van der Waals surface area (Å²) >= 11 is 0. The van der Waals surface area contributed by atoms with Gasteiger partial charge in [0.15, 0.2) is 6.10 Å². The lowest BCUT2D eigenvalue weighted by Crippen LogP contribution is -2.32. The van der Waals surface area contributed by atoms with Gasteiger partial charge in [-0.05, 0) is 55.5 Å². The SMILES string of the molecule is CCC(Oc1ccccc1C)C(=O)Nc1cccc(OCCCc2ccccc2)c1. The number of anilines is 1. The largest absolute Gasteiger partial charge is 0.494 e. The summed E-state index contributed by atoms with van der Waals surface area (Å²) in [4.78, 5) is 12.7. The van der Waals surface area contributed by atoms with Crippen LogP contribution in [0.4, 0.5) is 5.69 Å². The Morgan fingerprint density at radius 1 is 0.967 bits per heavy atom. The number of amides is 1. The first-order valence-electron chi connectivity index (χ1n) is 10.5. The molecule has 1 N–H and O–H groups in total. The zero-order valence-corrected chi connectivity index (χ0v) is 17.6. The molecule has 0 aromatic heterocycles. The van der Waals surface area contributed by atoms with Crippen LogP contribution >= 0.6 is 0 Å². The Hall–Kier alpha value is -3.27. The van der Waals surface area contributed by atoms with E-state index in [0.717, 1.165) is 29.9 Å². The summed E-state index contributed by atoms with van der Waals surface area (Å²) < 4.78 is 11.8. The Morgan fingerprint density at radius 2 is 1.73 bits per heavy atom. The van der Waals surface area contributed by atoms with Gasteiger partial charge in [0, 0.05) is 11.8 Å². The second kappa shape index (κ2) is 11.1. The van der Waals surface area contributed by atoms with Gasteiger partial charge in [0.1, 0.15) is 11.5 Å². The zero-order valence-electron chi connectivity index (χ0n) is 17.6. The number of carbonyl (C=O) groups excluding carboxylic acids is 1. The third kappa shape index (κ3) is 6.38. The molecule has 156 valence electrons. The molecular weight excluding hydrogens is 374 g/mol. The van der Waals surface area contributed by atoms with Crippen molar-refractivity contribution < 1.29 is 14.3 Å². The number of rotatable bonds is 10. The van der Waals surface area contributed by atoms with Gasteiger partial charge in [-0.25, -0.2) is 0 Å². The van der Waals surface area contributed by atoms with E-state index in [9.17, 15) is 4.79 Å². The molecule has 3 aromatic carbocycles. The molecule has 0 radical (unpaired) electrons. The van der Waals surface area contributed by atoms with Crippen molar-refractivity contribution >= 4 is 11.6 Å². The molecule has 0 saturated carbocycles. The van der Waals surface area contributed by atoms with Crippen LogP contribution in [0.3, 0.4) is 0 Å². The molecule has 1 unspecified atom stereocenters. The summed E-state index contributed by atoms with van der Waals surface area (Å²) in [6.45, 7) is 4.54. The van der Waals surface area contributed by atoms with Crippen molar-refractivity contribution in [2.24, 2.45) is 0 Å². The number of ether oxygens (including phenoxy) is 2. The summed E-state index contributed by atoms with van der Waals surface area (Å²) in [5.74, 6) is 1.31. The molecule has 0 fully saturated rings. The summed E-state index contributed by atoms with van der Waals surface area (Å²) in [5, 5.41) is 2.95. The maximum absolute atomic E-state index is 12.7. The number of aryl methyl sites for hydroxylation is 2. The third-order valence-corrected chi connectivity index (χ3v) is 4.85. The standard InChI is InChI=1S/C26H29NO3/c1-3-24(30-25-17-8-7-11-20(25)2)26(28)27-22-15-9-16-23(19-22)29-18-10-14-21-12-5-4-6-13-21/h4-9,11-13,15-17,19,24H,3,10,14,18H2,1-2H3,(H,27,28). The van der Waals surface area contributed by atoms with Crippen LogP contribution in [0.25, 0.3) is 0 Å². The van der Waals surface area contributed by atoms with Gasteiger partial charge in [0.05, 0.1) is 6.61 Å². The van der Waals surface area contributed by atoms with Crippen molar-refractivity contribution in [2.75, 3.05) is 11.9 Å². The van der Waals surface area contributed by atoms with Crippen LogP contribution in [0, 0.1) is 6.92 Å². The van der Waals surface area contributed by atoms with Crippen molar-refractivity contribution in [2.45, 2.75) is 39.2 Å². The van der Waals surface area contributed by atoms with Gasteiger partial charge >= 0.3 is 0 Å². The van der Waals surface area contributed by atoms with Crippen LogP contribution in [0.2, 0.25) is 0 Å². The van der Waals surface area contributed by atoms with Crippen LogP contribution in [-0.4, -0.2) is 18.6 Å². The lowest BCUT2D eigenvalue weighted by atomic mass is 10.1. The summed E-state index contributed by atoms with van der Waals surface area (Å²) in [6, 6.07) is 25.6. The number of benzene rings is 3. The van der Waals surface area contributed by atoms with E-state index in [2.05, 4.69) is 29.6 Å². The molecule has 0 spiro atoms. The number of carbonyl (C=O) groups is 1. The maximum Gasteiger partial charge on any atom is 0.265 e. The molecule has 4 heteroatoms. The average Bonchev–Trinajstić information content (AvgIpc) is 2.77. The quantitative estimate of drug-likeness (QED) is 0.435. The Morgan fingerprint density at radius 3 is 2.50 bits per heavy atom. The predicted octanol–water partition coefficient (Wildman–Crippen LogP) is 5.80. The normalized spacial score (nSPS) is 11.5. The van der Waals surface area contributed by atoms with Crippen LogP contribution in [0.5, 0.6) is 11.5 Å². The average molecular weight is 404 g/mol. The molecule has 0 aliphatic heterocycles. The fraction of sp³-hybridized carbons (Fsp3) is 0.269. The Labute approximate surface area is 178 Å². The van der Waals surface area contributed by atoms with E-state index >= 15 is 0 Å². The minimum absolute atomic E-state index is 0.165. The van der Waals surface area contributed by atoms with Crippen LogP contribution in [0.1, 0.15) is 30.9 Å². The topological polar surface area (TPSA) is 47.6 Å². The van der Waals surface area contributed by atoms with Gasteiger partial charge in [-0.2, -0.15) is 0 Å². The van der Waals surface area contributed by atoms with E-state index in [1.165, 1.54) is 5.56 Å². The summed E-state index contributed by atoms with van der Waals surface area (Å²) in [5.41, 5.74) is 3.02. The fourth-order valence-corrected chi connectivity index (χ4v) is 3.16. The second-order valence-corrected chi connectivity index (χ2v) is 7.23. The molecule has 3 aromatic rings. The van der Waals surface area contributed by atoms with Gasteiger partial charge in [-0.1, -0.05) is 61.5 Å². The first kappa shape index (κ1) is 21.4. The lowest BCUT2D eigenvalue weighted by molar-refractivity contribution is -0.122.